The predicted molar refractivity (Wildman–Crippen MR) is 132 cm³/mol. The maximum atomic E-state index is 12.4. The maximum absolute atomic E-state index is 12.4. The Balaban J connectivity index is 1.59. The van der Waals surface area contributed by atoms with Crippen LogP contribution in [0.25, 0.3) is 6.08 Å². The van der Waals surface area contributed by atoms with Gasteiger partial charge in [-0.3, -0.25) is 4.79 Å². The molecule has 8 heteroatoms. The molecule has 31 heavy (non-hydrogen) atoms. The van der Waals surface area contributed by atoms with Crippen LogP contribution in [0.1, 0.15) is 5.56 Å². The molecule has 0 spiro atoms. The molecule has 7 nitrogen and oxygen atoms in total. The molecule has 1 aliphatic heterocycles. The number of esters is 2. The van der Waals surface area contributed by atoms with Crippen molar-refractivity contribution in [1.29, 1.82) is 0 Å². The van der Waals surface area contributed by atoms with Crippen LogP contribution in [0.3, 0.4) is 0 Å². The number of hydrogen-bond acceptors (Lipinski definition) is 7. The summed E-state index contributed by atoms with van der Waals surface area (Å²) in [6.45, 7) is 0.970. The van der Waals surface area contributed by atoms with Gasteiger partial charge in [-0.15, -0.1) is 0 Å². The third kappa shape index (κ3) is 6.13. The average Bonchev–Trinajstić information content (AvgIpc) is 2.77. The Morgan fingerprint density at radius 2 is 1.87 bits per heavy atom. The van der Waals surface area contributed by atoms with Crippen LogP contribution in [-0.2, 0) is 14.3 Å². The average molecular weight is 535 g/mol. The van der Waals surface area contributed by atoms with Gasteiger partial charge in [-0.2, -0.15) is 0 Å². The highest BCUT2D eigenvalue weighted by Gasteiger charge is 2.26. The highest BCUT2D eigenvalue weighted by atomic mass is 127. The van der Waals surface area contributed by atoms with Crippen LogP contribution >= 0.6 is 22.6 Å². The molecule has 0 aromatic heterocycles. The van der Waals surface area contributed by atoms with E-state index in [1.807, 2.05) is 102 Å². The molecule has 2 aromatic carbocycles. The first kappa shape index (κ1) is 22.9. The van der Waals surface area contributed by atoms with Gasteiger partial charge in [0.25, 0.3) is 0 Å². The Kier molecular flexibility index (Phi) is 7.78. The van der Waals surface area contributed by atoms with Crippen LogP contribution in [0, 0.1) is 0 Å². The highest BCUT2D eigenvalue weighted by molar-refractivity contribution is 14.1. The Morgan fingerprint density at radius 1 is 1.16 bits per heavy atom. The quantitative estimate of drug-likeness (QED) is 0.240. The van der Waals surface area contributed by atoms with Gasteiger partial charge >= 0.3 is 11.9 Å². The normalized spacial score (nSPS) is 15.1. The number of rotatable bonds is 8. The van der Waals surface area contributed by atoms with Gasteiger partial charge in [0.05, 0.1) is 16.7 Å². The van der Waals surface area contributed by atoms with Crippen molar-refractivity contribution in [2.24, 2.45) is 0 Å². The van der Waals surface area contributed by atoms with Gasteiger partial charge in [-0.05, 0) is 29.8 Å². The molecule has 164 valence electrons. The minimum atomic E-state index is -0.548. The topological polar surface area (TPSA) is 71.1 Å². The van der Waals surface area contributed by atoms with Crippen molar-refractivity contribution in [3.05, 3.63) is 54.1 Å². The minimum absolute atomic E-state index is 0.204. The van der Waals surface area contributed by atoms with E-state index in [-0.39, 0.29) is 11.9 Å². The summed E-state index contributed by atoms with van der Waals surface area (Å²) in [6, 6.07) is 13.1. The lowest BCUT2D eigenvalue weighted by atomic mass is 10.1. The molecule has 1 N–H and O–H groups in total. The highest BCUT2D eigenvalue weighted by Crippen LogP contribution is 2.33. The summed E-state index contributed by atoms with van der Waals surface area (Å²) < 4.78 is 11.0. The van der Waals surface area contributed by atoms with Gasteiger partial charge < -0.3 is 24.6 Å². The molecule has 1 atom stereocenters. The molecule has 1 unspecified atom stereocenters. The van der Waals surface area contributed by atoms with Crippen molar-refractivity contribution in [2.75, 3.05) is 53.8 Å². The summed E-state index contributed by atoms with van der Waals surface area (Å²) in [7, 11) is 5.83. The molecular formula is C23H26IN3O4. The largest absolute Gasteiger partial charge is 0.463 e. The molecule has 0 radical (unpaired) electrons. The van der Waals surface area contributed by atoms with Crippen LogP contribution in [-0.4, -0.2) is 56.7 Å². The lowest BCUT2D eigenvalue weighted by Gasteiger charge is -2.25. The van der Waals surface area contributed by atoms with Crippen molar-refractivity contribution in [3.8, 4) is 5.75 Å². The van der Waals surface area contributed by atoms with Crippen LogP contribution in [0.4, 0.5) is 17.1 Å². The van der Waals surface area contributed by atoms with E-state index in [1.54, 1.807) is 6.08 Å². The van der Waals surface area contributed by atoms with Crippen LogP contribution in [0.2, 0.25) is 0 Å². The smallest absolute Gasteiger partial charge is 0.338 e. The Bertz CT molecular complexity index is 960. The lowest BCUT2D eigenvalue weighted by molar-refractivity contribution is -0.139. The van der Waals surface area contributed by atoms with Crippen LogP contribution < -0.4 is 19.9 Å². The number of nitrogens with one attached hydrogen (secondary N) is 1. The van der Waals surface area contributed by atoms with Gasteiger partial charge in [-0.25, -0.2) is 4.79 Å². The zero-order valence-electron chi connectivity index (χ0n) is 17.8. The first-order valence-electron chi connectivity index (χ1n) is 9.88. The summed E-state index contributed by atoms with van der Waals surface area (Å²) in [5, 5.41) is 3.22. The van der Waals surface area contributed by atoms with Crippen LogP contribution in [0.15, 0.2) is 48.5 Å². The van der Waals surface area contributed by atoms with E-state index in [1.165, 1.54) is 0 Å². The first-order valence-corrected chi connectivity index (χ1v) is 11.4. The maximum Gasteiger partial charge on any atom is 0.338 e. The predicted octanol–water partition coefficient (Wildman–Crippen LogP) is 3.58. The van der Waals surface area contributed by atoms with Gasteiger partial charge in [-0.1, -0.05) is 46.9 Å². The molecule has 0 bridgehead atoms. The third-order valence-electron chi connectivity index (χ3n) is 4.87. The third-order valence-corrected chi connectivity index (χ3v) is 5.49. The SMILES string of the molecule is CN(C)c1ccc2c(c1)OC(=O)C(C=Cc1ccc(N(C)CCOC(=O)CI)cc1)N2. The number of carbonyl (C=O) groups is 2. The van der Waals surface area contributed by atoms with Crippen LogP contribution in [0.5, 0.6) is 5.75 Å². The van der Waals surface area contributed by atoms with E-state index in [9.17, 15) is 9.59 Å². The molecule has 0 saturated carbocycles. The Morgan fingerprint density at radius 3 is 2.55 bits per heavy atom. The number of fused-ring (bicyclic) bond motifs is 1. The van der Waals surface area contributed by atoms with E-state index in [4.69, 9.17) is 9.47 Å². The number of anilines is 3. The van der Waals surface area contributed by atoms with E-state index in [2.05, 4.69) is 5.32 Å². The molecular weight excluding hydrogens is 509 g/mol. The molecule has 0 fully saturated rings. The standard InChI is InChI=1S/C23H26IN3O4/c1-26(2)18-9-11-19-21(14-18)31-23(29)20(25-19)10-6-16-4-7-17(8-5-16)27(3)12-13-30-22(28)15-24/h4-11,14,20,25H,12-13,15H2,1-3H3. The molecule has 0 saturated heterocycles. The fraction of sp³-hybridized carbons (Fsp3) is 0.304. The number of hydrogen-bond donors (Lipinski definition) is 1. The molecule has 1 heterocycles. The van der Waals surface area contributed by atoms with Crippen molar-refractivity contribution in [1.82, 2.24) is 0 Å². The number of carbonyl (C=O) groups excluding carboxylic acids is 2. The second-order valence-corrected chi connectivity index (χ2v) is 8.11. The van der Waals surface area contributed by atoms with Gasteiger partial charge in [0, 0.05) is 38.6 Å². The zero-order chi connectivity index (χ0) is 22.4. The van der Waals surface area contributed by atoms with Gasteiger partial charge in [0.1, 0.15) is 12.6 Å². The Hall–Kier alpha value is -2.75. The monoisotopic (exact) mass is 535 g/mol. The second-order valence-electron chi connectivity index (χ2n) is 7.34. The summed E-state index contributed by atoms with van der Waals surface area (Å²) in [4.78, 5) is 27.6. The van der Waals surface area contributed by atoms with Crippen molar-refractivity contribution in [3.63, 3.8) is 0 Å². The minimum Gasteiger partial charge on any atom is -0.463 e. The van der Waals surface area contributed by atoms with E-state index in [0.717, 1.165) is 22.6 Å². The molecule has 0 amide bonds. The van der Waals surface area contributed by atoms with Crippen molar-refractivity contribution >= 4 is 57.7 Å². The molecule has 0 aliphatic carbocycles. The number of ether oxygens (including phenoxy) is 2. The lowest BCUT2D eigenvalue weighted by Crippen LogP contribution is -2.35. The molecule has 3 rings (SSSR count). The number of halogens is 1. The summed E-state index contributed by atoms with van der Waals surface area (Å²) in [6.07, 6.45) is 3.69. The van der Waals surface area contributed by atoms with Gasteiger partial charge in [0.2, 0.25) is 0 Å². The number of benzene rings is 2. The van der Waals surface area contributed by atoms with Crippen molar-refractivity contribution < 1.29 is 19.1 Å². The van der Waals surface area contributed by atoms with E-state index >= 15 is 0 Å². The fourth-order valence-electron chi connectivity index (χ4n) is 3.03. The van der Waals surface area contributed by atoms with E-state index in [0.29, 0.717) is 23.3 Å². The Labute approximate surface area is 196 Å². The van der Waals surface area contributed by atoms with E-state index < -0.39 is 6.04 Å². The molecule has 1 aliphatic rings. The number of nitrogens with zero attached hydrogens (tertiary/aromatic N) is 2. The van der Waals surface area contributed by atoms with Crippen molar-refractivity contribution in [2.45, 2.75) is 6.04 Å². The number of alkyl halides is 1. The number of likely N-dealkylation sites (N-methyl/N-ethyl adjacent to an activating group) is 1. The fourth-order valence-corrected chi connectivity index (χ4v) is 3.25. The first-order chi connectivity index (χ1) is 14.9. The summed E-state index contributed by atoms with van der Waals surface area (Å²) in [5.74, 6) is -0.000402. The molecule has 2 aromatic rings. The van der Waals surface area contributed by atoms with Gasteiger partial charge in [0.15, 0.2) is 5.75 Å². The zero-order valence-corrected chi connectivity index (χ0v) is 20.0. The summed E-state index contributed by atoms with van der Waals surface area (Å²) >= 11 is 1.98. The second kappa shape index (κ2) is 10.5. The summed E-state index contributed by atoms with van der Waals surface area (Å²) in [5.41, 5.74) is 3.75.